The van der Waals surface area contributed by atoms with E-state index in [1.807, 2.05) is 5.01 Å². The summed E-state index contributed by atoms with van der Waals surface area (Å²) in [5.41, 5.74) is 13.2. The van der Waals surface area contributed by atoms with Crippen LogP contribution in [0.25, 0.3) is 5.69 Å². The van der Waals surface area contributed by atoms with Crippen molar-refractivity contribution in [2.24, 2.45) is 11.1 Å². The van der Waals surface area contributed by atoms with Crippen LogP contribution in [-0.4, -0.2) is 45.6 Å². The fourth-order valence-electron chi connectivity index (χ4n) is 5.75. The maximum atomic E-state index is 15.3. The van der Waals surface area contributed by atoms with Crippen LogP contribution in [0.5, 0.6) is 0 Å². The smallest absolute Gasteiger partial charge is 0.253 e. The number of hydrogen-bond acceptors (Lipinski definition) is 5. The Morgan fingerprint density at radius 3 is 2.61 bits per heavy atom. The summed E-state index contributed by atoms with van der Waals surface area (Å²) in [7, 11) is 0. The molecule has 0 bridgehead atoms. The number of Topliss-reactive ketones (excluding diaryl/α,β-unsaturated/α-hetero) is 1. The Bertz CT molecular complexity index is 1150. The van der Waals surface area contributed by atoms with E-state index in [-0.39, 0.29) is 22.9 Å². The molecule has 3 aliphatic rings. The van der Waals surface area contributed by atoms with Gasteiger partial charge in [-0.1, -0.05) is 13.8 Å². The lowest BCUT2D eigenvalue weighted by molar-refractivity contribution is 0.0908. The molecule has 2 aliphatic carbocycles. The monoisotopic (exact) mass is 454 g/mol. The molecular weight excluding hydrogens is 423 g/mol. The van der Waals surface area contributed by atoms with Gasteiger partial charge in [0.1, 0.15) is 5.82 Å². The molecule has 0 spiro atoms. The average molecular weight is 455 g/mol. The average Bonchev–Trinajstić information content (AvgIpc) is 3.28. The second kappa shape index (κ2) is 7.95. The maximum Gasteiger partial charge on any atom is 0.253 e. The Labute approximate surface area is 192 Å². The quantitative estimate of drug-likeness (QED) is 0.659. The molecule has 5 rings (SSSR count). The van der Waals surface area contributed by atoms with Gasteiger partial charge in [-0.25, -0.2) is 9.40 Å². The highest BCUT2D eigenvalue weighted by atomic mass is 19.1. The topological polar surface area (TPSA) is 101 Å². The minimum absolute atomic E-state index is 0.164. The van der Waals surface area contributed by atoms with Crippen molar-refractivity contribution in [3.63, 3.8) is 0 Å². The summed E-state index contributed by atoms with van der Waals surface area (Å²) in [4.78, 5) is 25.2. The maximum absolute atomic E-state index is 15.3. The van der Waals surface area contributed by atoms with Crippen molar-refractivity contribution < 1.29 is 19.1 Å². The highest BCUT2D eigenvalue weighted by Gasteiger charge is 2.39. The van der Waals surface area contributed by atoms with Crippen molar-refractivity contribution in [1.29, 1.82) is 0 Å². The van der Waals surface area contributed by atoms with E-state index in [2.05, 4.69) is 23.8 Å². The number of nitrogens with one attached hydrogen (secondary N) is 1. The Kier molecular flexibility index (Phi) is 5.33. The number of aliphatic hydroxyl groups excluding tert-OH is 1. The number of aliphatic hydroxyl groups is 1. The lowest BCUT2D eigenvalue weighted by atomic mass is 9.75. The van der Waals surface area contributed by atoms with Gasteiger partial charge >= 0.3 is 0 Å². The molecule has 0 radical (unpaired) electrons. The van der Waals surface area contributed by atoms with Crippen molar-refractivity contribution in [3.8, 4) is 5.69 Å². The van der Waals surface area contributed by atoms with Crippen LogP contribution in [0, 0.1) is 11.2 Å². The molecule has 33 heavy (non-hydrogen) atoms. The second-order valence-electron chi connectivity index (χ2n) is 10.4. The standard InChI is InChI=1S/C25H31FN4O3/c1-25(2)12-20-22(21(32)13-25)16-4-3-5-19(16)30(20)14-10-17(26)23(24(27)33)18(11-14)28-29-8-6-15(31)7-9-29/h10-11,15,28,31H,3-9,12-13H2,1-2H3,(H2,27,33). The summed E-state index contributed by atoms with van der Waals surface area (Å²) >= 11 is 0. The number of piperidine rings is 1. The zero-order valence-electron chi connectivity index (χ0n) is 19.2. The first-order valence-corrected chi connectivity index (χ1v) is 11.8. The van der Waals surface area contributed by atoms with Crippen molar-refractivity contribution >= 4 is 17.4 Å². The van der Waals surface area contributed by atoms with Gasteiger partial charge in [0.2, 0.25) is 0 Å². The molecule has 0 atom stereocenters. The molecule has 1 aliphatic heterocycles. The fraction of sp³-hybridized carbons (Fsp3) is 0.520. The highest BCUT2D eigenvalue weighted by molar-refractivity contribution is 6.01. The van der Waals surface area contributed by atoms with E-state index in [0.717, 1.165) is 48.2 Å². The SMILES string of the molecule is CC1(C)CC(=O)c2c3c(n(-c4cc(F)c(C(N)=O)c(NN5CCC(O)CC5)c4)c2C1)CCC3. The van der Waals surface area contributed by atoms with Crippen LogP contribution in [0.4, 0.5) is 10.1 Å². The molecule has 1 aromatic heterocycles. The molecule has 0 unspecified atom stereocenters. The number of ketones is 1. The van der Waals surface area contributed by atoms with Gasteiger partial charge in [0.05, 0.1) is 23.0 Å². The van der Waals surface area contributed by atoms with E-state index in [9.17, 15) is 14.7 Å². The van der Waals surface area contributed by atoms with E-state index in [4.69, 9.17) is 5.73 Å². The minimum atomic E-state index is -0.838. The predicted molar refractivity (Wildman–Crippen MR) is 123 cm³/mol. The molecule has 2 heterocycles. The van der Waals surface area contributed by atoms with Gasteiger partial charge in [-0.2, -0.15) is 0 Å². The molecule has 2 aromatic rings. The Balaban J connectivity index is 1.64. The first kappa shape index (κ1) is 22.1. The number of carbonyl (C=O) groups is 2. The molecule has 1 amide bonds. The third kappa shape index (κ3) is 3.85. The van der Waals surface area contributed by atoms with Crippen molar-refractivity contribution in [1.82, 2.24) is 9.58 Å². The second-order valence-corrected chi connectivity index (χ2v) is 10.4. The van der Waals surface area contributed by atoms with E-state index in [0.29, 0.717) is 43.7 Å². The Morgan fingerprint density at radius 1 is 1.18 bits per heavy atom. The van der Waals surface area contributed by atoms with Crippen molar-refractivity contribution in [3.05, 3.63) is 46.0 Å². The number of amides is 1. The molecule has 1 aromatic carbocycles. The van der Waals surface area contributed by atoms with Gasteiger partial charge in [-0.3, -0.25) is 9.59 Å². The van der Waals surface area contributed by atoms with Crippen LogP contribution < -0.4 is 11.2 Å². The van der Waals surface area contributed by atoms with Crippen LogP contribution in [0.3, 0.4) is 0 Å². The number of nitrogens with zero attached hydrogens (tertiary/aromatic N) is 2. The number of primary amides is 1. The third-order valence-electron chi connectivity index (χ3n) is 7.21. The molecule has 7 nitrogen and oxygen atoms in total. The lowest BCUT2D eigenvalue weighted by Crippen LogP contribution is -2.40. The third-order valence-corrected chi connectivity index (χ3v) is 7.21. The summed E-state index contributed by atoms with van der Waals surface area (Å²) in [6, 6.07) is 3.12. The molecule has 4 N–H and O–H groups in total. The molecular formula is C25H31FN4O3. The van der Waals surface area contributed by atoms with Crippen molar-refractivity contribution in [2.75, 3.05) is 18.5 Å². The fourth-order valence-corrected chi connectivity index (χ4v) is 5.75. The van der Waals surface area contributed by atoms with E-state index < -0.39 is 11.7 Å². The number of carbonyl (C=O) groups excluding carboxylic acids is 2. The number of fused-ring (bicyclic) bond motifs is 3. The van der Waals surface area contributed by atoms with Gasteiger partial charge in [0.25, 0.3) is 5.91 Å². The number of benzene rings is 1. The zero-order chi connectivity index (χ0) is 23.5. The number of halogens is 1. The first-order valence-electron chi connectivity index (χ1n) is 11.8. The molecule has 1 saturated heterocycles. The van der Waals surface area contributed by atoms with Gasteiger partial charge < -0.3 is 20.8 Å². The van der Waals surface area contributed by atoms with Gasteiger partial charge in [-0.05, 0) is 61.6 Å². The zero-order valence-corrected chi connectivity index (χ0v) is 19.2. The molecule has 176 valence electrons. The summed E-state index contributed by atoms with van der Waals surface area (Å²) < 4.78 is 17.4. The molecule has 1 fully saturated rings. The number of anilines is 1. The highest BCUT2D eigenvalue weighted by Crippen LogP contribution is 2.43. The first-order chi connectivity index (χ1) is 15.6. The van der Waals surface area contributed by atoms with Gasteiger partial charge in [-0.15, -0.1) is 0 Å². The summed E-state index contributed by atoms with van der Waals surface area (Å²) in [5.74, 6) is -1.36. The Morgan fingerprint density at radius 2 is 1.91 bits per heavy atom. The number of hydrazine groups is 1. The molecule has 0 saturated carbocycles. The number of aromatic nitrogens is 1. The van der Waals surface area contributed by atoms with Crippen LogP contribution in [0.15, 0.2) is 12.1 Å². The van der Waals surface area contributed by atoms with Crippen LogP contribution in [0.1, 0.15) is 77.2 Å². The predicted octanol–water partition coefficient (Wildman–Crippen LogP) is 3.14. The number of rotatable bonds is 4. The normalized spacial score (nSPS) is 20.5. The summed E-state index contributed by atoms with van der Waals surface area (Å²) in [5, 5.41) is 11.7. The van der Waals surface area contributed by atoms with E-state index in [1.165, 1.54) is 6.07 Å². The van der Waals surface area contributed by atoms with E-state index >= 15 is 4.39 Å². The number of nitrogens with two attached hydrogens (primary N) is 1. The summed E-state index contributed by atoms with van der Waals surface area (Å²) in [6.07, 6.45) is 4.75. The van der Waals surface area contributed by atoms with Crippen LogP contribution in [0.2, 0.25) is 0 Å². The van der Waals surface area contributed by atoms with E-state index in [1.54, 1.807) is 6.07 Å². The molecule has 8 heteroatoms. The van der Waals surface area contributed by atoms with Crippen molar-refractivity contribution in [2.45, 2.75) is 64.9 Å². The number of hydrogen-bond donors (Lipinski definition) is 3. The van der Waals surface area contributed by atoms with Gasteiger partial charge in [0.15, 0.2) is 5.78 Å². The van der Waals surface area contributed by atoms with Gasteiger partial charge in [0, 0.05) is 36.5 Å². The van der Waals surface area contributed by atoms with Crippen LogP contribution in [-0.2, 0) is 19.3 Å². The Hall–Kier alpha value is -2.71. The lowest BCUT2D eigenvalue weighted by Gasteiger charge is -2.32. The summed E-state index contributed by atoms with van der Waals surface area (Å²) in [6.45, 7) is 5.32. The minimum Gasteiger partial charge on any atom is -0.393 e. The van der Waals surface area contributed by atoms with Crippen LogP contribution >= 0.6 is 0 Å². The largest absolute Gasteiger partial charge is 0.393 e.